The Morgan fingerprint density at radius 2 is 1.86 bits per heavy atom. The second-order valence-corrected chi connectivity index (χ2v) is 5.07. The lowest BCUT2D eigenvalue weighted by molar-refractivity contribution is 0.862. The maximum absolute atomic E-state index is 6.19. The Hall–Kier alpha value is -3.15. The fourth-order valence-electron chi connectivity index (χ4n) is 2.58. The smallest absolute Gasteiger partial charge is 0.218 e. The summed E-state index contributed by atoms with van der Waals surface area (Å²) in [4.78, 5) is 8.69. The molecule has 0 amide bonds. The second kappa shape index (κ2) is 4.70. The van der Waals surface area contributed by atoms with E-state index in [1.54, 1.807) is 10.7 Å². The van der Waals surface area contributed by atoms with Gasteiger partial charge in [0.2, 0.25) is 5.82 Å². The van der Waals surface area contributed by atoms with Crippen LogP contribution in [0.2, 0.25) is 0 Å². The number of nitrogens with zero attached hydrogens (tertiary/aromatic N) is 5. The number of hydrogen-bond acceptors (Lipinski definition) is 4. The highest BCUT2D eigenvalue weighted by Crippen LogP contribution is 2.29. The molecule has 6 nitrogen and oxygen atoms in total. The topological polar surface area (TPSA) is 74.0 Å². The summed E-state index contributed by atoms with van der Waals surface area (Å²) < 4.78 is 3.62. The monoisotopic (exact) mass is 290 g/mol. The standard InChI is InChI=1S/C16H14N6/c1-21-10-8-18-16(21)15-19-14(17)13-12(7-9-22(13)20-15)11-5-3-2-4-6-11/h2-10H,1H3,(H2,17,19,20). The molecule has 0 spiro atoms. The summed E-state index contributed by atoms with van der Waals surface area (Å²) in [6.45, 7) is 0. The Kier molecular flexibility index (Phi) is 2.69. The summed E-state index contributed by atoms with van der Waals surface area (Å²) >= 11 is 0. The third-order valence-electron chi connectivity index (χ3n) is 3.64. The van der Waals surface area contributed by atoms with E-state index in [1.807, 2.05) is 60.4 Å². The number of aromatic nitrogens is 5. The van der Waals surface area contributed by atoms with Crippen LogP contribution in [0.15, 0.2) is 55.0 Å². The Morgan fingerprint density at radius 1 is 1.05 bits per heavy atom. The van der Waals surface area contributed by atoms with E-state index in [0.29, 0.717) is 17.5 Å². The van der Waals surface area contributed by atoms with Crippen molar-refractivity contribution in [1.82, 2.24) is 24.1 Å². The fourth-order valence-corrected chi connectivity index (χ4v) is 2.58. The molecule has 2 N–H and O–H groups in total. The molecule has 3 aromatic heterocycles. The highest BCUT2D eigenvalue weighted by Gasteiger charge is 2.14. The van der Waals surface area contributed by atoms with Gasteiger partial charge in [-0.05, 0) is 11.6 Å². The lowest BCUT2D eigenvalue weighted by Crippen LogP contribution is -2.05. The Labute approximate surface area is 126 Å². The zero-order valence-corrected chi connectivity index (χ0v) is 12.0. The molecule has 22 heavy (non-hydrogen) atoms. The Bertz CT molecular complexity index is 951. The minimum absolute atomic E-state index is 0.442. The summed E-state index contributed by atoms with van der Waals surface area (Å²) in [5.74, 6) is 1.63. The molecule has 0 aliphatic carbocycles. The van der Waals surface area contributed by atoms with Crippen LogP contribution in [0.5, 0.6) is 0 Å². The van der Waals surface area contributed by atoms with Gasteiger partial charge in [0.1, 0.15) is 5.52 Å². The van der Waals surface area contributed by atoms with Crippen molar-refractivity contribution in [3.05, 3.63) is 55.0 Å². The van der Waals surface area contributed by atoms with E-state index in [9.17, 15) is 0 Å². The van der Waals surface area contributed by atoms with Crippen molar-refractivity contribution >= 4 is 11.3 Å². The molecule has 0 atom stereocenters. The summed E-state index contributed by atoms with van der Waals surface area (Å²) in [6, 6.07) is 12.1. The van der Waals surface area contributed by atoms with E-state index in [1.165, 1.54) is 0 Å². The first-order valence-electron chi connectivity index (χ1n) is 6.92. The van der Waals surface area contributed by atoms with Crippen LogP contribution in [0.1, 0.15) is 0 Å². The van der Waals surface area contributed by atoms with Crippen molar-refractivity contribution in [3.8, 4) is 22.8 Å². The number of hydrogen-bond donors (Lipinski definition) is 1. The number of nitrogens with two attached hydrogens (primary N) is 1. The summed E-state index contributed by atoms with van der Waals surface area (Å²) in [7, 11) is 1.90. The molecular formula is C16H14N6. The van der Waals surface area contributed by atoms with Gasteiger partial charge in [0.05, 0.1) is 0 Å². The van der Waals surface area contributed by atoms with Crippen LogP contribution >= 0.6 is 0 Å². The number of benzene rings is 1. The van der Waals surface area contributed by atoms with Gasteiger partial charge in [-0.1, -0.05) is 30.3 Å². The van der Waals surface area contributed by atoms with Crippen LogP contribution in [0.25, 0.3) is 28.3 Å². The van der Waals surface area contributed by atoms with Crippen molar-refractivity contribution in [3.63, 3.8) is 0 Å². The maximum Gasteiger partial charge on any atom is 0.218 e. The van der Waals surface area contributed by atoms with Gasteiger partial charge in [-0.2, -0.15) is 0 Å². The number of nitrogen functional groups attached to an aromatic ring is 1. The van der Waals surface area contributed by atoms with E-state index in [4.69, 9.17) is 5.73 Å². The van der Waals surface area contributed by atoms with Gasteiger partial charge in [0.25, 0.3) is 0 Å². The number of imidazole rings is 1. The highest BCUT2D eigenvalue weighted by molar-refractivity contribution is 5.87. The zero-order valence-electron chi connectivity index (χ0n) is 12.0. The Balaban J connectivity index is 1.94. The number of fused-ring (bicyclic) bond motifs is 1. The predicted molar refractivity (Wildman–Crippen MR) is 85.0 cm³/mol. The summed E-state index contributed by atoms with van der Waals surface area (Å²) in [5, 5.41) is 4.53. The maximum atomic E-state index is 6.19. The SMILES string of the molecule is Cn1ccnc1-c1nc(N)c2c(-c3ccccc3)ccn2n1. The van der Waals surface area contributed by atoms with Gasteiger partial charge in [0, 0.05) is 31.2 Å². The van der Waals surface area contributed by atoms with Gasteiger partial charge < -0.3 is 10.3 Å². The van der Waals surface area contributed by atoms with Gasteiger partial charge in [0.15, 0.2) is 11.6 Å². The predicted octanol–water partition coefficient (Wildman–Crippen LogP) is 2.38. The molecule has 6 heteroatoms. The average molecular weight is 290 g/mol. The van der Waals surface area contributed by atoms with E-state index >= 15 is 0 Å². The molecule has 0 bridgehead atoms. The van der Waals surface area contributed by atoms with Crippen molar-refractivity contribution in [1.29, 1.82) is 0 Å². The molecule has 0 saturated heterocycles. The van der Waals surface area contributed by atoms with Crippen molar-refractivity contribution in [2.75, 3.05) is 5.73 Å². The van der Waals surface area contributed by atoms with Crippen LogP contribution in [-0.2, 0) is 7.05 Å². The van der Waals surface area contributed by atoms with Gasteiger partial charge in [-0.15, -0.1) is 5.10 Å². The van der Waals surface area contributed by atoms with Crippen LogP contribution in [-0.4, -0.2) is 24.1 Å². The fraction of sp³-hybridized carbons (Fsp3) is 0.0625. The van der Waals surface area contributed by atoms with Crippen molar-refractivity contribution < 1.29 is 0 Å². The minimum Gasteiger partial charge on any atom is -0.382 e. The summed E-state index contributed by atoms with van der Waals surface area (Å²) in [6.07, 6.45) is 5.45. The molecular weight excluding hydrogens is 276 g/mol. The van der Waals surface area contributed by atoms with E-state index in [2.05, 4.69) is 15.1 Å². The number of anilines is 1. The number of rotatable bonds is 2. The summed E-state index contributed by atoms with van der Waals surface area (Å²) in [5.41, 5.74) is 9.10. The molecule has 0 unspecified atom stereocenters. The first kappa shape index (κ1) is 12.6. The molecule has 4 aromatic rings. The van der Waals surface area contributed by atoms with E-state index in [0.717, 1.165) is 16.6 Å². The third kappa shape index (κ3) is 1.85. The lowest BCUT2D eigenvalue weighted by Gasteiger charge is -2.06. The quantitative estimate of drug-likeness (QED) is 0.615. The molecule has 0 aliphatic heterocycles. The third-order valence-corrected chi connectivity index (χ3v) is 3.64. The molecule has 0 radical (unpaired) electrons. The van der Waals surface area contributed by atoms with Crippen LogP contribution in [0.4, 0.5) is 5.82 Å². The molecule has 1 aromatic carbocycles. The molecule has 108 valence electrons. The van der Waals surface area contributed by atoms with E-state index < -0.39 is 0 Å². The largest absolute Gasteiger partial charge is 0.382 e. The molecule has 4 rings (SSSR count). The molecule has 0 aliphatic rings. The minimum atomic E-state index is 0.442. The van der Waals surface area contributed by atoms with Gasteiger partial charge >= 0.3 is 0 Å². The van der Waals surface area contributed by atoms with E-state index in [-0.39, 0.29) is 0 Å². The first-order valence-corrected chi connectivity index (χ1v) is 6.92. The first-order chi connectivity index (χ1) is 10.7. The normalized spacial score (nSPS) is 11.1. The highest BCUT2D eigenvalue weighted by atomic mass is 15.3. The average Bonchev–Trinajstić information content (AvgIpc) is 3.14. The second-order valence-electron chi connectivity index (χ2n) is 5.07. The van der Waals surface area contributed by atoms with Crippen LogP contribution in [0.3, 0.4) is 0 Å². The van der Waals surface area contributed by atoms with Crippen LogP contribution in [0, 0.1) is 0 Å². The van der Waals surface area contributed by atoms with Crippen LogP contribution < -0.4 is 5.73 Å². The lowest BCUT2D eigenvalue weighted by atomic mass is 10.1. The van der Waals surface area contributed by atoms with Gasteiger partial charge in [-0.3, -0.25) is 0 Å². The van der Waals surface area contributed by atoms with Crippen molar-refractivity contribution in [2.24, 2.45) is 7.05 Å². The van der Waals surface area contributed by atoms with Gasteiger partial charge in [-0.25, -0.2) is 14.5 Å². The molecule has 0 fully saturated rings. The number of aryl methyl sites for hydroxylation is 1. The van der Waals surface area contributed by atoms with Crippen molar-refractivity contribution in [2.45, 2.75) is 0 Å². The molecule has 3 heterocycles. The molecule has 0 saturated carbocycles. The zero-order chi connectivity index (χ0) is 15.1. The Morgan fingerprint density at radius 3 is 2.59 bits per heavy atom.